The molecule has 0 spiro atoms. The maximum Gasteiger partial charge on any atom is 0.258 e. The SMILES string of the molecule is Cc1ccc(C(=O)N(c2ccc(C)cc2)C2CCN(Cc3ccoc3)CC2)cc1. The van der Waals surface area contributed by atoms with E-state index >= 15 is 0 Å². The maximum atomic E-state index is 13.5. The van der Waals surface area contributed by atoms with E-state index in [9.17, 15) is 4.79 Å². The highest BCUT2D eigenvalue weighted by Gasteiger charge is 2.30. The van der Waals surface area contributed by atoms with Crippen molar-refractivity contribution in [2.75, 3.05) is 18.0 Å². The predicted octanol–water partition coefficient (Wildman–Crippen LogP) is 5.21. The number of benzene rings is 2. The fraction of sp³-hybridized carbons (Fsp3) is 0.320. The lowest BCUT2D eigenvalue weighted by atomic mass is 10.00. The van der Waals surface area contributed by atoms with Crippen LogP contribution < -0.4 is 4.90 Å². The molecule has 2 aromatic carbocycles. The molecule has 0 saturated carbocycles. The maximum absolute atomic E-state index is 13.5. The lowest BCUT2D eigenvalue weighted by Gasteiger charge is -2.38. The zero-order chi connectivity index (χ0) is 20.2. The summed E-state index contributed by atoms with van der Waals surface area (Å²) in [6.07, 6.45) is 5.46. The second kappa shape index (κ2) is 8.66. The van der Waals surface area contributed by atoms with Crippen LogP contribution in [0, 0.1) is 13.8 Å². The number of hydrogen-bond donors (Lipinski definition) is 0. The van der Waals surface area contributed by atoms with Gasteiger partial charge in [-0.3, -0.25) is 9.69 Å². The van der Waals surface area contributed by atoms with Gasteiger partial charge in [0.1, 0.15) is 0 Å². The minimum atomic E-state index is 0.0853. The van der Waals surface area contributed by atoms with E-state index in [4.69, 9.17) is 4.42 Å². The number of piperidine rings is 1. The molecule has 0 unspecified atom stereocenters. The van der Waals surface area contributed by atoms with Crippen LogP contribution in [-0.2, 0) is 6.54 Å². The van der Waals surface area contributed by atoms with Crippen LogP contribution in [0.1, 0.15) is 39.9 Å². The topological polar surface area (TPSA) is 36.7 Å². The van der Waals surface area contributed by atoms with Crippen LogP contribution in [0.2, 0.25) is 0 Å². The van der Waals surface area contributed by atoms with Gasteiger partial charge in [0.2, 0.25) is 0 Å². The Balaban J connectivity index is 1.53. The van der Waals surface area contributed by atoms with E-state index in [0.717, 1.165) is 49.3 Å². The number of anilines is 1. The van der Waals surface area contributed by atoms with Crippen molar-refractivity contribution in [3.63, 3.8) is 0 Å². The van der Waals surface area contributed by atoms with Crippen LogP contribution in [0.4, 0.5) is 5.69 Å². The molecule has 4 rings (SSSR count). The third-order valence-electron chi connectivity index (χ3n) is 5.74. The molecule has 29 heavy (non-hydrogen) atoms. The number of aryl methyl sites for hydroxylation is 2. The molecule has 1 fully saturated rings. The summed E-state index contributed by atoms with van der Waals surface area (Å²) < 4.78 is 5.19. The molecular weight excluding hydrogens is 360 g/mol. The molecule has 4 heteroatoms. The molecule has 1 amide bonds. The van der Waals surface area contributed by atoms with Gasteiger partial charge in [0.05, 0.1) is 12.5 Å². The number of likely N-dealkylation sites (tertiary alicyclic amines) is 1. The second-order valence-corrected chi connectivity index (χ2v) is 8.02. The predicted molar refractivity (Wildman–Crippen MR) is 116 cm³/mol. The number of carbonyl (C=O) groups excluding carboxylic acids is 1. The monoisotopic (exact) mass is 388 g/mol. The first-order chi connectivity index (χ1) is 14.1. The zero-order valence-electron chi connectivity index (χ0n) is 17.2. The van der Waals surface area contributed by atoms with Crippen LogP contribution in [0.3, 0.4) is 0 Å². The van der Waals surface area contributed by atoms with Crippen molar-refractivity contribution >= 4 is 11.6 Å². The van der Waals surface area contributed by atoms with Gasteiger partial charge in [-0.2, -0.15) is 0 Å². The van der Waals surface area contributed by atoms with E-state index in [0.29, 0.717) is 0 Å². The van der Waals surface area contributed by atoms with Gasteiger partial charge in [-0.1, -0.05) is 35.4 Å². The third-order valence-corrected chi connectivity index (χ3v) is 5.74. The van der Waals surface area contributed by atoms with E-state index in [2.05, 4.69) is 36.1 Å². The second-order valence-electron chi connectivity index (χ2n) is 8.02. The van der Waals surface area contributed by atoms with Gasteiger partial charge in [0.15, 0.2) is 0 Å². The average Bonchev–Trinajstić information content (AvgIpc) is 3.24. The Bertz CT molecular complexity index is 922. The Morgan fingerprint density at radius 1 is 0.966 bits per heavy atom. The Morgan fingerprint density at radius 3 is 2.17 bits per heavy atom. The van der Waals surface area contributed by atoms with Gasteiger partial charge >= 0.3 is 0 Å². The number of carbonyl (C=O) groups is 1. The summed E-state index contributed by atoms with van der Waals surface area (Å²) in [5.74, 6) is 0.0853. The molecule has 0 bridgehead atoms. The number of hydrogen-bond acceptors (Lipinski definition) is 3. The van der Waals surface area contributed by atoms with E-state index < -0.39 is 0 Å². The van der Waals surface area contributed by atoms with Gasteiger partial charge in [-0.15, -0.1) is 0 Å². The molecule has 150 valence electrons. The number of rotatable bonds is 5. The molecular formula is C25H28N2O2. The van der Waals surface area contributed by atoms with Gasteiger partial charge < -0.3 is 9.32 Å². The van der Waals surface area contributed by atoms with E-state index in [1.807, 2.05) is 48.4 Å². The highest BCUT2D eigenvalue weighted by Crippen LogP contribution is 2.27. The Morgan fingerprint density at radius 2 is 1.59 bits per heavy atom. The molecule has 1 saturated heterocycles. The van der Waals surface area contributed by atoms with Gasteiger partial charge in [-0.05, 0) is 57.0 Å². The van der Waals surface area contributed by atoms with E-state index in [1.54, 1.807) is 6.26 Å². The molecule has 0 atom stereocenters. The highest BCUT2D eigenvalue weighted by atomic mass is 16.3. The summed E-state index contributed by atoms with van der Waals surface area (Å²) in [7, 11) is 0. The van der Waals surface area contributed by atoms with Crippen LogP contribution in [-0.4, -0.2) is 29.9 Å². The first kappa shape index (κ1) is 19.5. The number of furan rings is 1. The van der Waals surface area contributed by atoms with E-state index in [-0.39, 0.29) is 11.9 Å². The normalized spacial score (nSPS) is 15.4. The lowest BCUT2D eigenvalue weighted by Crippen LogP contribution is -2.47. The molecule has 4 nitrogen and oxygen atoms in total. The first-order valence-electron chi connectivity index (χ1n) is 10.3. The van der Waals surface area contributed by atoms with Crippen molar-refractivity contribution in [2.45, 2.75) is 39.3 Å². The molecule has 3 aromatic rings. The fourth-order valence-electron chi connectivity index (χ4n) is 4.01. The smallest absolute Gasteiger partial charge is 0.258 e. The summed E-state index contributed by atoms with van der Waals surface area (Å²) in [5.41, 5.74) is 5.29. The molecule has 1 aliphatic heterocycles. The largest absolute Gasteiger partial charge is 0.472 e. The number of amides is 1. The van der Waals surface area contributed by atoms with Crippen LogP contribution >= 0.6 is 0 Å². The van der Waals surface area contributed by atoms with Crippen molar-refractivity contribution in [3.8, 4) is 0 Å². The van der Waals surface area contributed by atoms with Crippen molar-refractivity contribution in [1.82, 2.24) is 4.90 Å². The molecule has 1 aromatic heterocycles. The first-order valence-corrected chi connectivity index (χ1v) is 10.3. The van der Waals surface area contributed by atoms with Crippen molar-refractivity contribution in [1.29, 1.82) is 0 Å². The summed E-state index contributed by atoms with van der Waals surface area (Å²) in [6.45, 7) is 6.96. The molecule has 0 radical (unpaired) electrons. The Kier molecular flexibility index (Phi) is 5.81. The Hall–Kier alpha value is -2.85. The van der Waals surface area contributed by atoms with Gasteiger partial charge in [0.25, 0.3) is 5.91 Å². The quantitative estimate of drug-likeness (QED) is 0.602. The fourth-order valence-corrected chi connectivity index (χ4v) is 4.01. The van der Waals surface area contributed by atoms with Gasteiger partial charge in [0, 0.05) is 42.5 Å². The zero-order valence-corrected chi connectivity index (χ0v) is 17.2. The summed E-state index contributed by atoms with van der Waals surface area (Å²) in [4.78, 5) is 17.9. The van der Waals surface area contributed by atoms with Gasteiger partial charge in [-0.25, -0.2) is 0 Å². The third kappa shape index (κ3) is 4.60. The van der Waals surface area contributed by atoms with Crippen LogP contribution in [0.25, 0.3) is 0 Å². The Labute approximate surface area is 172 Å². The lowest BCUT2D eigenvalue weighted by molar-refractivity contribution is 0.0958. The van der Waals surface area contributed by atoms with Crippen molar-refractivity contribution < 1.29 is 9.21 Å². The summed E-state index contributed by atoms with van der Waals surface area (Å²) in [6, 6.07) is 18.4. The van der Waals surface area contributed by atoms with Crippen molar-refractivity contribution in [3.05, 3.63) is 89.4 Å². The summed E-state index contributed by atoms with van der Waals surface area (Å²) >= 11 is 0. The number of nitrogens with zero attached hydrogens (tertiary/aromatic N) is 2. The standard InChI is InChI=1S/C25H28N2O2/c1-19-3-7-22(8-4-19)25(28)27(23-9-5-20(2)6-10-23)24-11-14-26(15-12-24)17-21-13-16-29-18-21/h3-10,13,16,18,24H,11-12,14-15,17H2,1-2H3. The molecule has 0 N–H and O–H groups in total. The minimum absolute atomic E-state index is 0.0853. The molecule has 2 heterocycles. The van der Waals surface area contributed by atoms with Crippen LogP contribution in [0.5, 0.6) is 0 Å². The average molecular weight is 389 g/mol. The van der Waals surface area contributed by atoms with E-state index in [1.165, 1.54) is 11.1 Å². The van der Waals surface area contributed by atoms with Crippen molar-refractivity contribution in [2.24, 2.45) is 0 Å². The summed E-state index contributed by atoms with van der Waals surface area (Å²) in [5, 5.41) is 0. The van der Waals surface area contributed by atoms with Crippen LogP contribution in [0.15, 0.2) is 71.5 Å². The minimum Gasteiger partial charge on any atom is -0.472 e. The molecule has 1 aliphatic rings. The molecule has 0 aliphatic carbocycles. The highest BCUT2D eigenvalue weighted by molar-refractivity contribution is 6.06.